The van der Waals surface area contributed by atoms with Crippen LogP contribution in [0.5, 0.6) is 0 Å². The van der Waals surface area contributed by atoms with Gasteiger partial charge in [-0.2, -0.15) is 0 Å². The van der Waals surface area contributed by atoms with Crippen LogP contribution in [0.4, 0.5) is 17.1 Å². The minimum absolute atomic E-state index is 0.0932. The lowest BCUT2D eigenvalue weighted by Crippen LogP contribution is -2.26. The standard InChI is InChI=1S/C17H20N4O/c1-21(2)15-8-5-12(6-9-15)19-14-7-10-16(18-11-14)17(22)20-13-3-4-13/h5-11,13,19H,3-4H2,1-2H3,(H,20,22). The molecule has 0 spiro atoms. The van der Waals surface area contributed by atoms with E-state index in [1.165, 1.54) is 0 Å². The molecule has 1 fully saturated rings. The van der Waals surface area contributed by atoms with Crippen molar-refractivity contribution in [2.45, 2.75) is 18.9 Å². The summed E-state index contributed by atoms with van der Waals surface area (Å²) in [5.74, 6) is -0.0932. The first-order chi connectivity index (χ1) is 10.6. The van der Waals surface area contributed by atoms with E-state index in [1.807, 2.05) is 44.4 Å². The van der Waals surface area contributed by atoms with E-state index in [-0.39, 0.29) is 5.91 Å². The van der Waals surface area contributed by atoms with Gasteiger partial charge in [0, 0.05) is 31.5 Å². The zero-order valence-electron chi connectivity index (χ0n) is 12.8. The number of carbonyl (C=O) groups excluding carboxylic acids is 1. The number of hydrogen-bond donors (Lipinski definition) is 2. The second kappa shape index (κ2) is 6.05. The van der Waals surface area contributed by atoms with Crippen molar-refractivity contribution in [2.24, 2.45) is 0 Å². The lowest BCUT2D eigenvalue weighted by Gasteiger charge is -2.13. The zero-order chi connectivity index (χ0) is 15.5. The van der Waals surface area contributed by atoms with Gasteiger partial charge in [-0.1, -0.05) is 0 Å². The summed E-state index contributed by atoms with van der Waals surface area (Å²) in [4.78, 5) is 18.1. The Kier molecular flexibility index (Phi) is 3.96. The molecule has 114 valence electrons. The van der Waals surface area contributed by atoms with Crippen LogP contribution in [0.15, 0.2) is 42.6 Å². The second-order valence-corrected chi connectivity index (χ2v) is 5.75. The minimum Gasteiger partial charge on any atom is -0.378 e. The van der Waals surface area contributed by atoms with Crippen LogP contribution in [-0.4, -0.2) is 31.0 Å². The third kappa shape index (κ3) is 3.55. The van der Waals surface area contributed by atoms with Crippen molar-refractivity contribution in [3.05, 3.63) is 48.3 Å². The maximum atomic E-state index is 11.9. The van der Waals surface area contributed by atoms with Crippen LogP contribution < -0.4 is 15.5 Å². The van der Waals surface area contributed by atoms with Crippen molar-refractivity contribution in [1.82, 2.24) is 10.3 Å². The molecule has 5 nitrogen and oxygen atoms in total. The average Bonchev–Trinajstić information content (AvgIpc) is 3.32. The first kappa shape index (κ1) is 14.4. The third-order valence-corrected chi connectivity index (χ3v) is 3.58. The Bertz CT molecular complexity index is 645. The van der Waals surface area contributed by atoms with Crippen LogP contribution >= 0.6 is 0 Å². The van der Waals surface area contributed by atoms with E-state index in [0.29, 0.717) is 11.7 Å². The molecule has 0 unspecified atom stereocenters. The van der Waals surface area contributed by atoms with Crippen molar-refractivity contribution in [3.8, 4) is 0 Å². The van der Waals surface area contributed by atoms with Crippen molar-refractivity contribution in [1.29, 1.82) is 0 Å². The summed E-state index contributed by atoms with van der Waals surface area (Å²) in [6, 6.07) is 12.1. The molecule has 5 heteroatoms. The summed E-state index contributed by atoms with van der Waals surface area (Å²) in [5.41, 5.74) is 3.46. The molecule has 1 aliphatic carbocycles. The van der Waals surface area contributed by atoms with E-state index in [4.69, 9.17) is 0 Å². The van der Waals surface area contributed by atoms with Crippen LogP contribution in [0.3, 0.4) is 0 Å². The van der Waals surface area contributed by atoms with Crippen molar-refractivity contribution >= 4 is 23.0 Å². The predicted molar refractivity (Wildman–Crippen MR) is 88.8 cm³/mol. The molecular formula is C17H20N4O. The summed E-state index contributed by atoms with van der Waals surface area (Å²) in [6.07, 6.45) is 3.84. The lowest BCUT2D eigenvalue weighted by molar-refractivity contribution is 0.0946. The van der Waals surface area contributed by atoms with Gasteiger partial charge in [-0.15, -0.1) is 0 Å². The Morgan fingerprint density at radius 3 is 2.32 bits per heavy atom. The molecule has 0 radical (unpaired) electrons. The highest BCUT2D eigenvalue weighted by molar-refractivity contribution is 5.92. The molecule has 22 heavy (non-hydrogen) atoms. The van der Waals surface area contributed by atoms with Gasteiger partial charge in [-0.25, -0.2) is 4.98 Å². The second-order valence-electron chi connectivity index (χ2n) is 5.75. The average molecular weight is 296 g/mol. The van der Waals surface area contributed by atoms with Gasteiger partial charge in [0.25, 0.3) is 5.91 Å². The highest BCUT2D eigenvalue weighted by Gasteiger charge is 2.24. The van der Waals surface area contributed by atoms with Gasteiger partial charge in [-0.3, -0.25) is 4.79 Å². The van der Waals surface area contributed by atoms with Gasteiger partial charge in [0.15, 0.2) is 0 Å². The quantitative estimate of drug-likeness (QED) is 0.891. The highest BCUT2D eigenvalue weighted by atomic mass is 16.2. The van der Waals surface area contributed by atoms with Gasteiger partial charge < -0.3 is 15.5 Å². The van der Waals surface area contributed by atoms with E-state index in [2.05, 4.69) is 20.5 Å². The Morgan fingerprint density at radius 2 is 1.77 bits per heavy atom. The zero-order valence-corrected chi connectivity index (χ0v) is 12.8. The molecule has 3 rings (SSSR count). The Balaban J connectivity index is 1.63. The van der Waals surface area contributed by atoms with Gasteiger partial charge in [0.1, 0.15) is 5.69 Å². The van der Waals surface area contributed by atoms with Crippen LogP contribution in [0.25, 0.3) is 0 Å². The third-order valence-electron chi connectivity index (χ3n) is 3.58. The number of pyridine rings is 1. The summed E-state index contributed by atoms with van der Waals surface area (Å²) < 4.78 is 0. The molecule has 0 saturated heterocycles. The SMILES string of the molecule is CN(C)c1ccc(Nc2ccc(C(=O)NC3CC3)nc2)cc1. The molecule has 1 aromatic carbocycles. The number of rotatable bonds is 5. The fourth-order valence-corrected chi connectivity index (χ4v) is 2.10. The summed E-state index contributed by atoms with van der Waals surface area (Å²) in [5, 5.41) is 6.21. The Hall–Kier alpha value is -2.56. The number of carbonyl (C=O) groups is 1. The fourth-order valence-electron chi connectivity index (χ4n) is 2.10. The molecule has 1 saturated carbocycles. The first-order valence-electron chi connectivity index (χ1n) is 7.43. The predicted octanol–water partition coefficient (Wildman–Crippen LogP) is 2.78. The highest BCUT2D eigenvalue weighted by Crippen LogP contribution is 2.21. The molecule has 2 N–H and O–H groups in total. The number of amides is 1. The van der Waals surface area contributed by atoms with Crippen molar-refractivity contribution < 1.29 is 4.79 Å². The molecular weight excluding hydrogens is 276 g/mol. The van der Waals surface area contributed by atoms with Crippen LogP contribution in [-0.2, 0) is 0 Å². The molecule has 2 aromatic rings. The van der Waals surface area contributed by atoms with Gasteiger partial charge in [0.2, 0.25) is 0 Å². The number of anilines is 3. The Labute approximate surface area is 130 Å². The molecule has 1 heterocycles. The largest absolute Gasteiger partial charge is 0.378 e. The van der Waals surface area contributed by atoms with E-state index in [0.717, 1.165) is 29.9 Å². The van der Waals surface area contributed by atoms with E-state index in [9.17, 15) is 4.79 Å². The number of nitrogens with zero attached hydrogens (tertiary/aromatic N) is 2. The fraction of sp³-hybridized carbons (Fsp3) is 0.294. The minimum atomic E-state index is -0.0932. The molecule has 1 aliphatic rings. The molecule has 0 bridgehead atoms. The number of aromatic nitrogens is 1. The van der Waals surface area contributed by atoms with Gasteiger partial charge in [0.05, 0.1) is 11.9 Å². The van der Waals surface area contributed by atoms with E-state index >= 15 is 0 Å². The molecule has 1 amide bonds. The van der Waals surface area contributed by atoms with E-state index in [1.54, 1.807) is 12.3 Å². The summed E-state index contributed by atoms with van der Waals surface area (Å²) in [7, 11) is 4.02. The lowest BCUT2D eigenvalue weighted by atomic mass is 10.2. The summed E-state index contributed by atoms with van der Waals surface area (Å²) in [6.45, 7) is 0. The smallest absolute Gasteiger partial charge is 0.270 e. The maximum Gasteiger partial charge on any atom is 0.270 e. The van der Waals surface area contributed by atoms with E-state index < -0.39 is 0 Å². The van der Waals surface area contributed by atoms with Crippen LogP contribution in [0, 0.1) is 0 Å². The van der Waals surface area contributed by atoms with Crippen molar-refractivity contribution in [3.63, 3.8) is 0 Å². The monoisotopic (exact) mass is 296 g/mol. The molecule has 1 aromatic heterocycles. The normalized spacial score (nSPS) is 13.5. The molecule has 0 aliphatic heterocycles. The topological polar surface area (TPSA) is 57.3 Å². The van der Waals surface area contributed by atoms with Crippen LogP contribution in [0.2, 0.25) is 0 Å². The van der Waals surface area contributed by atoms with Crippen molar-refractivity contribution in [2.75, 3.05) is 24.3 Å². The van der Waals surface area contributed by atoms with Gasteiger partial charge >= 0.3 is 0 Å². The Morgan fingerprint density at radius 1 is 1.09 bits per heavy atom. The number of nitrogens with one attached hydrogen (secondary N) is 2. The number of benzene rings is 1. The van der Waals surface area contributed by atoms with Crippen LogP contribution in [0.1, 0.15) is 23.3 Å². The summed E-state index contributed by atoms with van der Waals surface area (Å²) >= 11 is 0. The first-order valence-corrected chi connectivity index (χ1v) is 7.43. The number of hydrogen-bond acceptors (Lipinski definition) is 4. The maximum absolute atomic E-state index is 11.9. The molecule has 0 atom stereocenters. The van der Waals surface area contributed by atoms with Gasteiger partial charge in [-0.05, 0) is 49.2 Å².